The minimum absolute atomic E-state index is 0.0740. The number of ether oxygens (including phenoxy) is 2. The lowest BCUT2D eigenvalue weighted by Crippen LogP contribution is -2.43. The smallest absolute Gasteiger partial charge is 0.407 e. The summed E-state index contributed by atoms with van der Waals surface area (Å²) in [6.45, 7) is 5.59. The number of carbonyl (C=O) groups excluding carboxylic acids is 3. The Morgan fingerprint density at radius 1 is 1.20 bits per heavy atom. The Morgan fingerprint density at radius 3 is 2.25 bits per heavy atom. The zero-order valence-corrected chi connectivity index (χ0v) is 12.4. The van der Waals surface area contributed by atoms with Crippen molar-refractivity contribution in [1.29, 1.82) is 0 Å². The van der Waals surface area contributed by atoms with Crippen molar-refractivity contribution in [2.75, 3.05) is 33.3 Å². The lowest BCUT2D eigenvalue weighted by Gasteiger charge is -2.22. The van der Waals surface area contributed by atoms with Crippen LogP contribution in [0.1, 0.15) is 20.8 Å². The number of amides is 2. The number of nitrogens with one attached hydrogen (secondary N) is 1. The summed E-state index contributed by atoms with van der Waals surface area (Å²) in [7, 11) is 1.25. The number of rotatable bonds is 7. The van der Waals surface area contributed by atoms with Gasteiger partial charge in [-0.15, -0.1) is 0 Å². The summed E-state index contributed by atoms with van der Waals surface area (Å²) < 4.78 is 9.56. The third-order valence-corrected chi connectivity index (χ3v) is 2.06. The van der Waals surface area contributed by atoms with Gasteiger partial charge in [-0.05, 0) is 20.8 Å². The highest BCUT2D eigenvalue weighted by molar-refractivity contribution is 5.77. The number of methoxy groups -OCH3 is 1. The van der Waals surface area contributed by atoms with E-state index in [2.05, 4.69) is 10.1 Å². The van der Waals surface area contributed by atoms with Crippen molar-refractivity contribution in [3.63, 3.8) is 0 Å². The average molecular weight is 289 g/mol. The van der Waals surface area contributed by atoms with E-state index in [0.717, 1.165) is 0 Å². The van der Waals surface area contributed by atoms with E-state index >= 15 is 0 Å². The van der Waals surface area contributed by atoms with Crippen LogP contribution in [0.5, 0.6) is 0 Å². The van der Waals surface area contributed by atoms with Gasteiger partial charge < -0.3 is 20.5 Å². The molecule has 0 aliphatic carbocycles. The van der Waals surface area contributed by atoms with Crippen molar-refractivity contribution in [2.45, 2.75) is 26.4 Å². The van der Waals surface area contributed by atoms with Gasteiger partial charge >= 0.3 is 12.1 Å². The number of nitrogens with two attached hydrogens (primary N) is 1. The highest BCUT2D eigenvalue weighted by Crippen LogP contribution is 2.06. The quantitative estimate of drug-likeness (QED) is 0.610. The van der Waals surface area contributed by atoms with Crippen LogP contribution in [0.2, 0.25) is 0 Å². The van der Waals surface area contributed by atoms with Crippen LogP contribution in [0.25, 0.3) is 0 Å². The number of esters is 1. The lowest BCUT2D eigenvalue weighted by atomic mass is 10.2. The molecule has 0 aliphatic rings. The molecule has 0 rings (SSSR count). The predicted molar refractivity (Wildman–Crippen MR) is 71.9 cm³/mol. The Balaban J connectivity index is 4.16. The molecule has 0 saturated heterocycles. The highest BCUT2D eigenvalue weighted by atomic mass is 16.6. The first-order valence-corrected chi connectivity index (χ1v) is 6.18. The molecule has 116 valence electrons. The molecule has 0 fully saturated rings. The van der Waals surface area contributed by atoms with Gasteiger partial charge in [-0.25, -0.2) is 4.79 Å². The van der Waals surface area contributed by atoms with Crippen LogP contribution in [0, 0.1) is 0 Å². The molecular formula is C12H23N3O5. The Morgan fingerprint density at radius 2 is 1.80 bits per heavy atom. The second-order valence-corrected chi connectivity index (χ2v) is 5.18. The molecule has 8 nitrogen and oxygen atoms in total. The van der Waals surface area contributed by atoms with Gasteiger partial charge in [-0.2, -0.15) is 0 Å². The molecule has 2 amide bonds. The first-order valence-electron chi connectivity index (χ1n) is 6.18. The Kier molecular flexibility index (Phi) is 7.60. The molecule has 3 N–H and O–H groups in total. The number of alkyl carbamates (subject to hydrolysis) is 1. The van der Waals surface area contributed by atoms with E-state index in [4.69, 9.17) is 10.5 Å². The minimum atomic E-state index is -0.580. The summed E-state index contributed by atoms with van der Waals surface area (Å²) in [6.07, 6.45) is -0.561. The molecule has 20 heavy (non-hydrogen) atoms. The van der Waals surface area contributed by atoms with Gasteiger partial charge in [0, 0.05) is 13.1 Å². The van der Waals surface area contributed by atoms with E-state index in [1.165, 1.54) is 12.0 Å². The maximum Gasteiger partial charge on any atom is 0.407 e. The van der Waals surface area contributed by atoms with Crippen LogP contribution in [0.4, 0.5) is 4.79 Å². The average Bonchev–Trinajstić information content (AvgIpc) is 2.25. The van der Waals surface area contributed by atoms with E-state index in [1.807, 2.05) is 0 Å². The number of hydrogen-bond acceptors (Lipinski definition) is 6. The van der Waals surface area contributed by atoms with Crippen molar-refractivity contribution in [1.82, 2.24) is 10.2 Å². The van der Waals surface area contributed by atoms with Crippen LogP contribution < -0.4 is 11.1 Å². The van der Waals surface area contributed by atoms with E-state index in [0.29, 0.717) is 0 Å². The van der Waals surface area contributed by atoms with Crippen LogP contribution in [-0.4, -0.2) is 61.8 Å². The van der Waals surface area contributed by atoms with Gasteiger partial charge in [0.05, 0.1) is 20.2 Å². The van der Waals surface area contributed by atoms with E-state index in [1.54, 1.807) is 20.8 Å². The summed E-state index contributed by atoms with van der Waals surface area (Å²) in [5, 5.41) is 2.53. The topological polar surface area (TPSA) is 111 Å². The summed E-state index contributed by atoms with van der Waals surface area (Å²) in [6, 6.07) is 0. The highest BCUT2D eigenvalue weighted by Gasteiger charge is 2.17. The maximum absolute atomic E-state index is 11.4. The fraction of sp³-hybridized carbons (Fsp3) is 0.750. The van der Waals surface area contributed by atoms with Gasteiger partial charge in [-0.3, -0.25) is 14.5 Å². The minimum Gasteiger partial charge on any atom is -0.468 e. The molecule has 0 aromatic rings. The second kappa shape index (κ2) is 8.36. The number of nitrogens with zero attached hydrogens (tertiary/aromatic N) is 1. The fourth-order valence-electron chi connectivity index (χ4n) is 1.31. The fourth-order valence-corrected chi connectivity index (χ4v) is 1.31. The Hall–Kier alpha value is -1.83. The molecule has 0 radical (unpaired) electrons. The van der Waals surface area contributed by atoms with Crippen molar-refractivity contribution in [3.8, 4) is 0 Å². The second-order valence-electron chi connectivity index (χ2n) is 5.18. The lowest BCUT2D eigenvalue weighted by molar-refractivity contribution is -0.142. The number of carbonyl (C=O) groups is 3. The standard InChI is InChI=1S/C12H23N3O5/c1-12(2,3)20-11(18)14-5-6-15(7-9(13)16)8-10(17)19-4/h5-8H2,1-4H3,(H2,13,16)(H,14,18). The van der Waals surface area contributed by atoms with Gasteiger partial charge in [0.2, 0.25) is 5.91 Å². The Bertz CT molecular complexity index is 351. The van der Waals surface area contributed by atoms with Crippen LogP contribution in [0.15, 0.2) is 0 Å². The molecular weight excluding hydrogens is 266 g/mol. The Labute approximate surface area is 118 Å². The largest absolute Gasteiger partial charge is 0.468 e. The van der Waals surface area contributed by atoms with Crippen molar-refractivity contribution in [3.05, 3.63) is 0 Å². The SMILES string of the molecule is COC(=O)CN(CCNC(=O)OC(C)(C)C)CC(N)=O. The summed E-state index contributed by atoms with van der Waals surface area (Å²) in [5.74, 6) is -1.05. The molecule has 0 saturated carbocycles. The molecule has 0 heterocycles. The molecule has 8 heteroatoms. The van der Waals surface area contributed by atoms with E-state index in [-0.39, 0.29) is 26.2 Å². The van der Waals surface area contributed by atoms with E-state index < -0.39 is 23.6 Å². The van der Waals surface area contributed by atoms with Gasteiger partial charge in [-0.1, -0.05) is 0 Å². The van der Waals surface area contributed by atoms with Gasteiger partial charge in [0.25, 0.3) is 0 Å². The molecule has 0 atom stereocenters. The third kappa shape index (κ3) is 10.1. The summed E-state index contributed by atoms with van der Waals surface area (Å²) in [4.78, 5) is 34.9. The van der Waals surface area contributed by atoms with Crippen LogP contribution in [0.3, 0.4) is 0 Å². The molecule has 0 aromatic carbocycles. The van der Waals surface area contributed by atoms with Crippen LogP contribution in [-0.2, 0) is 19.1 Å². The maximum atomic E-state index is 11.4. The predicted octanol–water partition coefficient (Wildman–Crippen LogP) is -0.529. The van der Waals surface area contributed by atoms with Crippen molar-refractivity contribution < 1.29 is 23.9 Å². The molecule has 0 bridgehead atoms. The molecule has 0 spiro atoms. The number of hydrogen-bond donors (Lipinski definition) is 2. The normalized spacial score (nSPS) is 11.1. The first-order chi connectivity index (χ1) is 9.14. The number of primary amides is 1. The van der Waals surface area contributed by atoms with Crippen molar-refractivity contribution >= 4 is 18.0 Å². The van der Waals surface area contributed by atoms with E-state index in [9.17, 15) is 14.4 Å². The summed E-state index contributed by atoms with van der Waals surface area (Å²) >= 11 is 0. The van der Waals surface area contributed by atoms with Gasteiger partial charge in [0.1, 0.15) is 5.60 Å². The summed E-state index contributed by atoms with van der Waals surface area (Å²) in [5.41, 5.74) is 4.50. The zero-order valence-electron chi connectivity index (χ0n) is 12.4. The molecule has 0 aliphatic heterocycles. The zero-order chi connectivity index (χ0) is 15.8. The van der Waals surface area contributed by atoms with Crippen molar-refractivity contribution in [2.24, 2.45) is 5.73 Å². The first kappa shape index (κ1) is 18.2. The van der Waals surface area contributed by atoms with Gasteiger partial charge in [0.15, 0.2) is 0 Å². The molecule has 0 unspecified atom stereocenters. The molecule has 0 aromatic heterocycles. The third-order valence-electron chi connectivity index (χ3n) is 2.06. The van der Waals surface area contributed by atoms with Crippen LogP contribution >= 0.6 is 0 Å². The monoisotopic (exact) mass is 289 g/mol.